The maximum absolute atomic E-state index is 11.4. The van der Waals surface area contributed by atoms with Crippen LogP contribution in [0.3, 0.4) is 0 Å². The van der Waals surface area contributed by atoms with Crippen LogP contribution in [0.25, 0.3) is 0 Å². The summed E-state index contributed by atoms with van der Waals surface area (Å²) >= 11 is 0. The summed E-state index contributed by atoms with van der Waals surface area (Å²) in [6.07, 6.45) is 5.50. The predicted octanol–water partition coefficient (Wildman–Crippen LogP) is 2.40. The van der Waals surface area contributed by atoms with Crippen molar-refractivity contribution in [1.29, 1.82) is 0 Å². The minimum absolute atomic E-state index is 0.0949. The second-order valence-corrected chi connectivity index (χ2v) is 5.70. The summed E-state index contributed by atoms with van der Waals surface area (Å²) in [5.74, 6) is 0.0949. The number of fused-ring (bicyclic) bond motifs is 1. The Labute approximate surface area is 119 Å². The molecule has 1 fully saturated rings. The molecule has 0 aromatic heterocycles. The summed E-state index contributed by atoms with van der Waals surface area (Å²) < 4.78 is 5.69. The first kappa shape index (κ1) is 13.6. The molecule has 4 heteroatoms. The third-order valence-electron chi connectivity index (χ3n) is 4.31. The van der Waals surface area contributed by atoms with Crippen LogP contribution in [0.1, 0.15) is 42.9 Å². The van der Waals surface area contributed by atoms with Crippen LogP contribution < -0.4 is 10.6 Å². The summed E-state index contributed by atoms with van der Waals surface area (Å²) in [4.78, 5) is 11.4. The van der Waals surface area contributed by atoms with Crippen molar-refractivity contribution in [1.82, 2.24) is 5.32 Å². The van der Waals surface area contributed by atoms with E-state index >= 15 is 0 Å². The smallest absolute Gasteiger partial charge is 0.228 e. The molecule has 2 heterocycles. The van der Waals surface area contributed by atoms with Gasteiger partial charge >= 0.3 is 0 Å². The number of carbonyl (C=O) groups is 1. The van der Waals surface area contributed by atoms with Crippen molar-refractivity contribution in [2.45, 2.75) is 44.2 Å². The molecule has 2 aliphatic heterocycles. The molecule has 20 heavy (non-hydrogen) atoms. The lowest BCUT2D eigenvalue weighted by Crippen LogP contribution is -2.18. The van der Waals surface area contributed by atoms with E-state index in [1.54, 1.807) is 0 Å². The number of nitrogens with one attached hydrogen (secondary N) is 2. The Balaban J connectivity index is 1.66. The van der Waals surface area contributed by atoms with Gasteiger partial charge in [0, 0.05) is 18.3 Å². The molecule has 1 saturated heterocycles. The van der Waals surface area contributed by atoms with Gasteiger partial charge in [0.2, 0.25) is 5.91 Å². The number of anilines is 1. The Kier molecular flexibility index (Phi) is 4.03. The van der Waals surface area contributed by atoms with Gasteiger partial charge < -0.3 is 15.4 Å². The number of benzene rings is 1. The largest absolute Gasteiger partial charge is 0.378 e. The third-order valence-corrected chi connectivity index (χ3v) is 4.31. The Bertz CT molecular complexity index is 495. The van der Waals surface area contributed by atoms with Crippen LogP contribution in [0, 0.1) is 0 Å². The summed E-state index contributed by atoms with van der Waals surface area (Å²) in [6, 6.07) is 6.62. The molecule has 0 saturated carbocycles. The van der Waals surface area contributed by atoms with E-state index in [0.717, 1.165) is 30.7 Å². The van der Waals surface area contributed by atoms with Crippen molar-refractivity contribution in [3.63, 3.8) is 0 Å². The zero-order valence-corrected chi connectivity index (χ0v) is 11.9. The summed E-state index contributed by atoms with van der Waals surface area (Å²) in [5.41, 5.74) is 3.35. The molecular formula is C16H22N2O2. The second kappa shape index (κ2) is 5.94. The minimum atomic E-state index is 0.0949. The van der Waals surface area contributed by atoms with E-state index in [1.165, 1.54) is 18.4 Å². The average Bonchev–Trinajstić information content (AvgIpc) is 3.07. The molecule has 1 aromatic carbocycles. The van der Waals surface area contributed by atoms with Crippen molar-refractivity contribution in [3.8, 4) is 0 Å². The van der Waals surface area contributed by atoms with Crippen molar-refractivity contribution in [2.24, 2.45) is 0 Å². The first-order valence-electron chi connectivity index (χ1n) is 7.48. The molecule has 2 aliphatic rings. The van der Waals surface area contributed by atoms with Crippen LogP contribution in [0.5, 0.6) is 0 Å². The van der Waals surface area contributed by atoms with E-state index in [1.807, 2.05) is 13.1 Å². The van der Waals surface area contributed by atoms with Gasteiger partial charge in [-0.25, -0.2) is 0 Å². The van der Waals surface area contributed by atoms with Crippen LogP contribution in [-0.4, -0.2) is 25.7 Å². The molecule has 2 atom stereocenters. The zero-order valence-electron chi connectivity index (χ0n) is 11.9. The SMILES string of the molecule is CNC(CCC1CCCO1)c1ccc2c(c1)CC(=O)N2. The van der Waals surface area contributed by atoms with Crippen LogP contribution >= 0.6 is 0 Å². The Morgan fingerprint density at radius 2 is 2.40 bits per heavy atom. The number of carbonyl (C=O) groups excluding carboxylic acids is 1. The lowest BCUT2D eigenvalue weighted by Gasteiger charge is -2.19. The molecule has 0 bridgehead atoms. The number of rotatable bonds is 5. The van der Waals surface area contributed by atoms with E-state index in [0.29, 0.717) is 18.6 Å². The fourth-order valence-electron chi connectivity index (χ4n) is 3.17. The van der Waals surface area contributed by atoms with Crippen LogP contribution in [0.15, 0.2) is 18.2 Å². The first-order valence-corrected chi connectivity index (χ1v) is 7.48. The highest BCUT2D eigenvalue weighted by atomic mass is 16.5. The predicted molar refractivity (Wildman–Crippen MR) is 78.8 cm³/mol. The molecule has 3 rings (SSSR count). The third kappa shape index (κ3) is 2.86. The van der Waals surface area contributed by atoms with Crippen molar-refractivity contribution in [2.75, 3.05) is 19.0 Å². The van der Waals surface area contributed by atoms with E-state index in [9.17, 15) is 4.79 Å². The van der Waals surface area contributed by atoms with Crippen LogP contribution in [0.2, 0.25) is 0 Å². The van der Waals surface area contributed by atoms with Gasteiger partial charge in [0.15, 0.2) is 0 Å². The topological polar surface area (TPSA) is 50.4 Å². The fraction of sp³-hybridized carbons (Fsp3) is 0.562. The molecule has 1 amide bonds. The van der Waals surface area contributed by atoms with E-state index in [2.05, 4.69) is 22.8 Å². The molecular weight excluding hydrogens is 252 g/mol. The van der Waals surface area contributed by atoms with E-state index in [4.69, 9.17) is 4.74 Å². The van der Waals surface area contributed by atoms with Crippen molar-refractivity contribution >= 4 is 11.6 Å². The van der Waals surface area contributed by atoms with Gasteiger partial charge in [-0.1, -0.05) is 12.1 Å². The van der Waals surface area contributed by atoms with Gasteiger partial charge in [-0.2, -0.15) is 0 Å². The normalized spacial score (nSPS) is 22.6. The van der Waals surface area contributed by atoms with E-state index in [-0.39, 0.29) is 5.91 Å². The number of amides is 1. The van der Waals surface area contributed by atoms with Gasteiger partial charge in [-0.3, -0.25) is 4.79 Å². The number of ether oxygens (including phenoxy) is 1. The van der Waals surface area contributed by atoms with Gasteiger partial charge in [-0.05, 0) is 49.9 Å². The fourth-order valence-corrected chi connectivity index (χ4v) is 3.17. The zero-order chi connectivity index (χ0) is 13.9. The van der Waals surface area contributed by atoms with Gasteiger partial charge in [-0.15, -0.1) is 0 Å². The molecule has 0 radical (unpaired) electrons. The summed E-state index contributed by atoms with van der Waals surface area (Å²) in [5, 5.41) is 6.26. The van der Waals surface area contributed by atoms with Crippen LogP contribution in [-0.2, 0) is 16.0 Å². The second-order valence-electron chi connectivity index (χ2n) is 5.70. The Morgan fingerprint density at radius 1 is 1.50 bits per heavy atom. The monoisotopic (exact) mass is 274 g/mol. The van der Waals surface area contributed by atoms with Crippen molar-refractivity contribution in [3.05, 3.63) is 29.3 Å². The maximum Gasteiger partial charge on any atom is 0.228 e. The maximum atomic E-state index is 11.4. The lowest BCUT2D eigenvalue weighted by molar-refractivity contribution is -0.115. The molecule has 108 valence electrons. The molecule has 2 N–H and O–H groups in total. The summed E-state index contributed by atoms with van der Waals surface area (Å²) in [6.45, 7) is 0.918. The number of hydrogen-bond donors (Lipinski definition) is 2. The quantitative estimate of drug-likeness (QED) is 0.867. The molecule has 0 aliphatic carbocycles. The van der Waals surface area contributed by atoms with Gasteiger partial charge in [0.25, 0.3) is 0 Å². The van der Waals surface area contributed by atoms with Crippen LogP contribution in [0.4, 0.5) is 5.69 Å². The minimum Gasteiger partial charge on any atom is -0.378 e. The van der Waals surface area contributed by atoms with Crippen molar-refractivity contribution < 1.29 is 9.53 Å². The first-order chi connectivity index (χ1) is 9.76. The lowest BCUT2D eigenvalue weighted by atomic mass is 9.97. The van der Waals surface area contributed by atoms with E-state index < -0.39 is 0 Å². The molecule has 2 unspecified atom stereocenters. The Morgan fingerprint density at radius 3 is 3.15 bits per heavy atom. The standard InChI is InChI=1S/C16H22N2O2/c1-17-14(7-5-13-3-2-8-20-13)11-4-6-15-12(9-11)10-16(19)18-15/h4,6,9,13-14,17H,2-3,5,7-8,10H2,1H3,(H,18,19). The van der Waals surface area contributed by atoms with Gasteiger partial charge in [0.05, 0.1) is 12.5 Å². The summed E-state index contributed by atoms with van der Waals surface area (Å²) in [7, 11) is 2.00. The average molecular weight is 274 g/mol. The highest BCUT2D eigenvalue weighted by Crippen LogP contribution is 2.29. The highest BCUT2D eigenvalue weighted by molar-refractivity contribution is 5.99. The number of hydrogen-bond acceptors (Lipinski definition) is 3. The van der Waals surface area contributed by atoms with Gasteiger partial charge in [0.1, 0.15) is 0 Å². The molecule has 4 nitrogen and oxygen atoms in total. The Hall–Kier alpha value is -1.39. The molecule has 0 spiro atoms. The highest BCUT2D eigenvalue weighted by Gasteiger charge is 2.21. The molecule has 1 aromatic rings.